The van der Waals surface area contributed by atoms with Crippen molar-refractivity contribution >= 4 is 0 Å². The second-order valence-electron chi connectivity index (χ2n) is 10.5. The van der Waals surface area contributed by atoms with E-state index in [-0.39, 0.29) is 17.9 Å². The van der Waals surface area contributed by atoms with Gasteiger partial charge < -0.3 is 4.74 Å². The van der Waals surface area contributed by atoms with E-state index in [1.165, 1.54) is 69.9 Å². The molecule has 0 atom stereocenters. The van der Waals surface area contributed by atoms with Crippen molar-refractivity contribution in [3.8, 4) is 5.75 Å². The fraction of sp³-hybridized carbons (Fsp3) is 0.586. The van der Waals surface area contributed by atoms with Crippen molar-refractivity contribution < 1.29 is 26.7 Å². The normalized spacial score (nSPS) is 25.4. The number of alkyl halides is 2. The van der Waals surface area contributed by atoms with E-state index < -0.39 is 29.1 Å². The van der Waals surface area contributed by atoms with Crippen LogP contribution in [0.3, 0.4) is 0 Å². The molecule has 0 radical (unpaired) electrons. The molecule has 35 heavy (non-hydrogen) atoms. The van der Waals surface area contributed by atoms with Gasteiger partial charge in [-0.3, -0.25) is 0 Å². The Balaban J connectivity index is 1.26. The Morgan fingerprint density at radius 3 is 1.74 bits per heavy atom. The second kappa shape index (κ2) is 11.3. The van der Waals surface area contributed by atoms with Gasteiger partial charge in [0.25, 0.3) is 0 Å². The summed E-state index contributed by atoms with van der Waals surface area (Å²) in [7, 11) is 0. The predicted octanol–water partition coefficient (Wildman–Crippen LogP) is 9.50. The quantitative estimate of drug-likeness (QED) is 0.262. The van der Waals surface area contributed by atoms with E-state index in [4.69, 9.17) is 4.74 Å². The predicted molar refractivity (Wildman–Crippen MR) is 127 cm³/mol. The molecule has 0 spiro atoms. The fourth-order valence-electron chi connectivity index (χ4n) is 5.92. The first kappa shape index (κ1) is 26.0. The number of hydrogen-bond acceptors (Lipinski definition) is 1. The highest BCUT2D eigenvalue weighted by Gasteiger charge is 2.36. The Kier molecular flexibility index (Phi) is 8.38. The van der Waals surface area contributed by atoms with Gasteiger partial charge in [0.05, 0.1) is 5.56 Å². The molecule has 2 aliphatic carbocycles. The van der Waals surface area contributed by atoms with Crippen LogP contribution in [-0.4, -0.2) is 0 Å². The molecule has 4 rings (SSSR count). The zero-order valence-electron chi connectivity index (χ0n) is 20.3. The molecule has 0 amide bonds. The molecule has 0 bridgehead atoms. The smallest absolute Gasteiger partial charge is 0.426 e. The molecule has 0 unspecified atom stereocenters. The topological polar surface area (TPSA) is 9.23 Å². The Hall–Kier alpha value is -2.11. The molecule has 0 saturated heterocycles. The lowest BCUT2D eigenvalue weighted by atomic mass is 9.74. The van der Waals surface area contributed by atoms with Crippen LogP contribution in [0.1, 0.15) is 94.6 Å². The van der Waals surface area contributed by atoms with Crippen LogP contribution >= 0.6 is 0 Å². The van der Waals surface area contributed by atoms with Crippen LogP contribution in [0.5, 0.6) is 5.75 Å². The summed E-state index contributed by atoms with van der Waals surface area (Å²) in [6.45, 7) is 2.30. The van der Waals surface area contributed by atoms with Crippen molar-refractivity contribution in [2.75, 3.05) is 0 Å². The first-order valence-electron chi connectivity index (χ1n) is 13.1. The molecule has 1 nitrogen and oxygen atoms in total. The van der Waals surface area contributed by atoms with Crippen LogP contribution in [0, 0.1) is 35.2 Å². The van der Waals surface area contributed by atoms with E-state index in [0.29, 0.717) is 5.92 Å². The molecule has 0 N–H and O–H groups in total. The number of benzene rings is 2. The Morgan fingerprint density at radius 1 is 0.743 bits per heavy atom. The highest BCUT2D eigenvalue weighted by Crippen LogP contribution is 2.41. The van der Waals surface area contributed by atoms with Crippen molar-refractivity contribution in [1.82, 2.24) is 0 Å². The molecule has 2 aromatic rings. The summed E-state index contributed by atoms with van der Waals surface area (Å²) >= 11 is 0. The molecule has 2 saturated carbocycles. The van der Waals surface area contributed by atoms with E-state index in [2.05, 4.69) is 6.92 Å². The number of rotatable bonds is 8. The Labute approximate surface area is 205 Å². The van der Waals surface area contributed by atoms with Gasteiger partial charge >= 0.3 is 6.11 Å². The third kappa shape index (κ3) is 6.56. The molecule has 0 aliphatic heterocycles. The summed E-state index contributed by atoms with van der Waals surface area (Å²) in [5.41, 5.74) is 0.0191. The third-order valence-corrected chi connectivity index (χ3v) is 8.29. The van der Waals surface area contributed by atoms with Crippen molar-refractivity contribution in [1.29, 1.82) is 0 Å². The maximum Gasteiger partial charge on any atom is 0.426 e. The van der Waals surface area contributed by atoms with Crippen LogP contribution in [0.15, 0.2) is 36.4 Å². The van der Waals surface area contributed by atoms with E-state index >= 15 is 0 Å². The summed E-state index contributed by atoms with van der Waals surface area (Å²) in [6.07, 6.45) is 10.2. The van der Waals surface area contributed by atoms with E-state index in [0.717, 1.165) is 36.2 Å². The SMILES string of the molecule is CCC1CCC(CCC2CCC(c3ccc(OC(F)(F)c4cc(F)c(F)c(F)c4)cc3)CC2)CC1. The minimum absolute atomic E-state index is 0.115. The summed E-state index contributed by atoms with van der Waals surface area (Å²) in [5.74, 6) is -2.23. The van der Waals surface area contributed by atoms with E-state index in [1.807, 2.05) is 0 Å². The summed E-state index contributed by atoms with van der Waals surface area (Å²) in [5, 5.41) is 0. The van der Waals surface area contributed by atoms with Gasteiger partial charge in [-0.1, -0.05) is 64.0 Å². The standard InChI is InChI=1S/C29H35F5O/c1-2-19-3-5-20(6-4-19)7-8-21-9-11-22(12-10-21)23-13-15-25(16-14-23)35-29(33,34)24-17-26(30)28(32)27(31)18-24/h13-22H,2-12H2,1H3. The van der Waals surface area contributed by atoms with Gasteiger partial charge in [-0.25, -0.2) is 13.2 Å². The van der Waals surface area contributed by atoms with Gasteiger partial charge in [-0.05, 0) is 79.2 Å². The van der Waals surface area contributed by atoms with Crippen LogP contribution in [0.25, 0.3) is 0 Å². The first-order chi connectivity index (χ1) is 16.7. The zero-order valence-corrected chi connectivity index (χ0v) is 20.3. The zero-order chi connectivity index (χ0) is 25.0. The summed E-state index contributed by atoms with van der Waals surface area (Å²) in [4.78, 5) is 0. The molecule has 2 fully saturated rings. The summed E-state index contributed by atoms with van der Waals surface area (Å²) in [6, 6.07) is 6.99. The molecule has 6 heteroatoms. The van der Waals surface area contributed by atoms with E-state index in [1.54, 1.807) is 12.1 Å². The molecule has 2 aromatic carbocycles. The number of ether oxygens (including phenoxy) is 1. The molecular weight excluding hydrogens is 459 g/mol. The van der Waals surface area contributed by atoms with Crippen LogP contribution in [0.4, 0.5) is 22.0 Å². The van der Waals surface area contributed by atoms with Gasteiger partial charge in [0, 0.05) is 0 Å². The lowest BCUT2D eigenvalue weighted by Gasteiger charge is -2.32. The minimum Gasteiger partial charge on any atom is -0.429 e. The summed E-state index contributed by atoms with van der Waals surface area (Å²) < 4.78 is 73.3. The maximum absolute atomic E-state index is 14.4. The number of hydrogen-bond donors (Lipinski definition) is 0. The van der Waals surface area contributed by atoms with Gasteiger partial charge in [0.2, 0.25) is 0 Å². The molecule has 192 valence electrons. The molecular formula is C29H35F5O. The van der Waals surface area contributed by atoms with Crippen molar-refractivity contribution in [2.24, 2.45) is 17.8 Å². The van der Waals surface area contributed by atoms with Crippen LogP contribution < -0.4 is 4.74 Å². The fourth-order valence-corrected chi connectivity index (χ4v) is 5.92. The average molecular weight is 495 g/mol. The minimum atomic E-state index is -4.00. The van der Waals surface area contributed by atoms with Gasteiger partial charge in [-0.2, -0.15) is 8.78 Å². The maximum atomic E-state index is 14.4. The van der Waals surface area contributed by atoms with Crippen LogP contribution in [0.2, 0.25) is 0 Å². The number of halogens is 5. The molecule has 0 heterocycles. The van der Waals surface area contributed by atoms with Crippen molar-refractivity contribution in [3.05, 3.63) is 65.0 Å². The second-order valence-corrected chi connectivity index (χ2v) is 10.5. The first-order valence-corrected chi connectivity index (χ1v) is 13.1. The monoisotopic (exact) mass is 494 g/mol. The Bertz CT molecular complexity index is 935. The van der Waals surface area contributed by atoms with Gasteiger partial charge in [0.1, 0.15) is 5.75 Å². The Morgan fingerprint density at radius 2 is 1.23 bits per heavy atom. The van der Waals surface area contributed by atoms with Crippen LogP contribution in [-0.2, 0) is 6.11 Å². The van der Waals surface area contributed by atoms with Gasteiger partial charge in [0.15, 0.2) is 17.5 Å². The average Bonchev–Trinajstić information content (AvgIpc) is 2.86. The van der Waals surface area contributed by atoms with Crippen molar-refractivity contribution in [2.45, 2.75) is 89.6 Å². The third-order valence-electron chi connectivity index (χ3n) is 8.29. The molecule has 0 aromatic heterocycles. The largest absolute Gasteiger partial charge is 0.429 e. The highest BCUT2D eigenvalue weighted by atomic mass is 19.3. The lowest BCUT2D eigenvalue weighted by Crippen LogP contribution is -2.22. The van der Waals surface area contributed by atoms with E-state index in [9.17, 15) is 22.0 Å². The lowest BCUT2D eigenvalue weighted by molar-refractivity contribution is -0.185. The highest BCUT2D eigenvalue weighted by molar-refractivity contribution is 5.31. The van der Waals surface area contributed by atoms with Crippen molar-refractivity contribution in [3.63, 3.8) is 0 Å². The van der Waals surface area contributed by atoms with Gasteiger partial charge in [-0.15, -0.1) is 0 Å². The molecule has 2 aliphatic rings.